The molecule has 4 rings (SSSR count). The van der Waals surface area contributed by atoms with Crippen LogP contribution in [0.3, 0.4) is 0 Å². The Labute approximate surface area is 189 Å². The molecule has 0 aliphatic carbocycles. The number of halogens is 1. The number of hydrogen-bond acceptors (Lipinski definition) is 2. The number of para-hydroxylation sites is 2. The molecule has 0 fully saturated rings. The molecule has 0 radical (unpaired) electrons. The number of fused-ring (bicyclic) bond motifs is 1. The van der Waals surface area contributed by atoms with E-state index in [1.165, 1.54) is 11.1 Å². The van der Waals surface area contributed by atoms with Gasteiger partial charge in [0.05, 0.1) is 17.6 Å². The van der Waals surface area contributed by atoms with Gasteiger partial charge in [0, 0.05) is 11.6 Å². The third kappa shape index (κ3) is 5.56. The highest BCUT2D eigenvalue weighted by Gasteiger charge is 2.08. The first-order valence-corrected chi connectivity index (χ1v) is 11.1. The molecule has 0 saturated heterocycles. The minimum Gasteiger partial charge on any atom is -0.494 e. The summed E-state index contributed by atoms with van der Waals surface area (Å²) in [6.45, 7) is 5.81. The highest BCUT2D eigenvalue weighted by Crippen LogP contribution is 2.20. The second kappa shape index (κ2) is 9.84. The molecule has 1 aromatic heterocycles. The summed E-state index contributed by atoms with van der Waals surface area (Å²) in [7, 11) is 0. The van der Waals surface area contributed by atoms with Crippen molar-refractivity contribution in [3.05, 3.63) is 94.3 Å². The van der Waals surface area contributed by atoms with Crippen LogP contribution < -0.4 is 4.74 Å². The monoisotopic (exact) mass is 430 g/mol. The summed E-state index contributed by atoms with van der Waals surface area (Å²) < 4.78 is 8.26. The molecule has 4 heteroatoms. The average Bonchev–Trinajstić information content (AvgIpc) is 3.10. The molecule has 0 bridgehead atoms. The molecule has 0 N–H and O–H groups in total. The summed E-state index contributed by atoms with van der Waals surface area (Å²) in [5.41, 5.74) is 5.75. The van der Waals surface area contributed by atoms with Gasteiger partial charge in [-0.3, -0.25) is 0 Å². The van der Waals surface area contributed by atoms with Gasteiger partial charge in [-0.15, -0.1) is 0 Å². The van der Waals surface area contributed by atoms with Crippen LogP contribution in [0, 0.1) is 13.8 Å². The van der Waals surface area contributed by atoms with Crippen LogP contribution in [-0.4, -0.2) is 16.2 Å². The summed E-state index contributed by atoms with van der Waals surface area (Å²) >= 11 is 5.99. The molecular weight excluding hydrogens is 404 g/mol. The van der Waals surface area contributed by atoms with E-state index in [0.717, 1.165) is 52.6 Å². The van der Waals surface area contributed by atoms with Crippen molar-refractivity contribution in [2.75, 3.05) is 6.61 Å². The van der Waals surface area contributed by atoms with Crippen molar-refractivity contribution in [1.29, 1.82) is 0 Å². The second-order valence-electron chi connectivity index (χ2n) is 7.87. The van der Waals surface area contributed by atoms with Crippen LogP contribution in [-0.2, 0) is 6.54 Å². The predicted molar refractivity (Wildman–Crippen MR) is 131 cm³/mol. The van der Waals surface area contributed by atoms with Crippen LogP contribution in [0.25, 0.3) is 23.2 Å². The zero-order valence-corrected chi connectivity index (χ0v) is 18.8. The zero-order valence-electron chi connectivity index (χ0n) is 18.0. The smallest absolute Gasteiger partial charge is 0.133 e. The highest BCUT2D eigenvalue weighted by molar-refractivity contribution is 6.30. The van der Waals surface area contributed by atoms with E-state index in [1.54, 1.807) is 0 Å². The molecule has 0 aliphatic rings. The predicted octanol–water partition coefficient (Wildman–Crippen LogP) is 7.34. The van der Waals surface area contributed by atoms with Gasteiger partial charge in [0.15, 0.2) is 0 Å². The SMILES string of the molecule is Cc1cc(C)cc(OCCCCn2c(/C=C/c3ccc(Cl)cc3)nc3ccccc32)c1. The molecule has 0 aliphatic heterocycles. The molecule has 0 amide bonds. The van der Waals surface area contributed by atoms with E-state index < -0.39 is 0 Å². The molecule has 158 valence electrons. The number of rotatable bonds is 8. The largest absolute Gasteiger partial charge is 0.494 e. The Morgan fingerprint density at radius 1 is 0.903 bits per heavy atom. The fraction of sp³-hybridized carbons (Fsp3) is 0.222. The fourth-order valence-electron chi connectivity index (χ4n) is 3.78. The highest BCUT2D eigenvalue weighted by atomic mass is 35.5. The quantitative estimate of drug-likeness (QED) is 0.273. The van der Waals surface area contributed by atoms with Gasteiger partial charge < -0.3 is 9.30 Å². The maximum absolute atomic E-state index is 5.99. The number of nitrogens with zero attached hydrogens (tertiary/aromatic N) is 2. The molecule has 3 nitrogen and oxygen atoms in total. The van der Waals surface area contributed by atoms with E-state index in [9.17, 15) is 0 Å². The van der Waals surface area contributed by atoms with E-state index in [2.05, 4.69) is 67.0 Å². The number of imidazole rings is 1. The molecule has 0 spiro atoms. The summed E-state index contributed by atoms with van der Waals surface area (Å²) in [5.74, 6) is 1.92. The first kappa shape index (κ1) is 21.2. The number of unbranched alkanes of at least 4 members (excludes halogenated alkanes) is 1. The molecule has 1 heterocycles. The van der Waals surface area contributed by atoms with Crippen LogP contribution >= 0.6 is 11.6 Å². The Morgan fingerprint density at radius 2 is 1.65 bits per heavy atom. The number of ether oxygens (including phenoxy) is 1. The Hall–Kier alpha value is -3.04. The summed E-state index contributed by atoms with van der Waals surface area (Å²) in [6.07, 6.45) is 6.17. The van der Waals surface area contributed by atoms with Crippen molar-refractivity contribution in [3.63, 3.8) is 0 Å². The lowest BCUT2D eigenvalue weighted by molar-refractivity contribution is 0.303. The number of benzene rings is 3. The van der Waals surface area contributed by atoms with Crippen LogP contribution in [0.15, 0.2) is 66.7 Å². The van der Waals surface area contributed by atoms with Crippen molar-refractivity contribution in [3.8, 4) is 5.75 Å². The van der Waals surface area contributed by atoms with Crippen LogP contribution in [0.5, 0.6) is 5.75 Å². The Morgan fingerprint density at radius 3 is 2.42 bits per heavy atom. The van der Waals surface area contributed by atoms with Gasteiger partial charge in [0.25, 0.3) is 0 Å². The Kier molecular flexibility index (Phi) is 6.73. The average molecular weight is 431 g/mol. The van der Waals surface area contributed by atoms with Crippen molar-refractivity contribution in [2.24, 2.45) is 0 Å². The van der Waals surface area contributed by atoms with Gasteiger partial charge in [0.2, 0.25) is 0 Å². The summed E-state index contributed by atoms with van der Waals surface area (Å²) in [4.78, 5) is 4.83. The maximum atomic E-state index is 5.99. The van der Waals surface area contributed by atoms with Gasteiger partial charge in [-0.2, -0.15) is 0 Å². The van der Waals surface area contributed by atoms with Crippen molar-refractivity contribution >= 4 is 34.8 Å². The first-order valence-electron chi connectivity index (χ1n) is 10.7. The third-order valence-corrected chi connectivity index (χ3v) is 5.47. The Balaban J connectivity index is 1.42. The van der Waals surface area contributed by atoms with Crippen LogP contribution in [0.1, 0.15) is 35.4 Å². The number of aromatic nitrogens is 2. The third-order valence-electron chi connectivity index (χ3n) is 5.22. The normalized spacial score (nSPS) is 11.5. The second-order valence-corrected chi connectivity index (χ2v) is 8.31. The van der Waals surface area contributed by atoms with Gasteiger partial charge in [-0.1, -0.05) is 48.0 Å². The molecule has 0 atom stereocenters. The van der Waals surface area contributed by atoms with E-state index >= 15 is 0 Å². The van der Waals surface area contributed by atoms with Gasteiger partial charge >= 0.3 is 0 Å². The van der Waals surface area contributed by atoms with Crippen LogP contribution in [0.4, 0.5) is 0 Å². The fourth-order valence-corrected chi connectivity index (χ4v) is 3.91. The summed E-state index contributed by atoms with van der Waals surface area (Å²) in [6, 6.07) is 22.5. The maximum Gasteiger partial charge on any atom is 0.133 e. The molecule has 4 aromatic rings. The van der Waals surface area contributed by atoms with E-state index in [4.69, 9.17) is 21.3 Å². The molecule has 0 saturated carbocycles. The van der Waals surface area contributed by atoms with Gasteiger partial charge in [-0.25, -0.2) is 4.98 Å². The van der Waals surface area contributed by atoms with Crippen LogP contribution in [0.2, 0.25) is 5.02 Å². The topological polar surface area (TPSA) is 27.1 Å². The Bertz CT molecular complexity index is 1170. The van der Waals surface area contributed by atoms with Gasteiger partial charge in [-0.05, 0) is 85.9 Å². The van der Waals surface area contributed by atoms with Crippen molar-refractivity contribution in [2.45, 2.75) is 33.2 Å². The first-order chi connectivity index (χ1) is 15.1. The number of aryl methyl sites for hydroxylation is 3. The van der Waals surface area contributed by atoms with Gasteiger partial charge in [0.1, 0.15) is 11.6 Å². The minimum absolute atomic E-state index is 0.714. The molecular formula is C27H27ClN2O. The summed E-state index contributed by atoms with van der Waals surface area (Å²) in [5, 5.41) is 0.743. The molecule has 0 unspecified atom stereocenters. The lowest BCUT2D eigenvalue weighted by Gasteiger charge is -2.10. The zero-order chi connectivity index (χ0) is 21.6. The van der Waals surface area contributed by atoms with Crippen molar-refractivity contribution < 1.29 is 4.74 Å². The molecule has 31 heavy (non-hydrogen) atoms. The van der Waals surface area contributed by atoms with Crippen molar-refractivity contribution in [1.82, 2.24) is 9.55 Å². The van der Waals surface area contributed by atoms with E-state index in [-0.39, 0.29) is 0 Å². The minimum atomic E-state index is 0.714. The molecule has 3 aromatic carbocycles. The lowest BCUT2D eigenvalue weighted by Crippen LogP contribution is -2.04. The van der Waals surface area contributed by atoms with E-state index in [1.807, 2.05) is 30.3 Å². The number of hydrogen-bond donors (Lipinski definition) is 0. The standard InChI is InChI=1S/C27H27ClN2O/c1-20-17-21(2)19-24(18-20)31-16-6-5-15-30-26-8-4-3-7-25(26)29-27(30)14-11-22-9-12-23(28)13-10-22/h3-4,7-14,17-19H,5-6,15-16H2,1-2H3/b14-11+. The lowest BCUT2D eigenvalue weighted by atomic mass is 10.1. The van der Waals surface area contributed by atoms with E-state index in [0.29, 0.717) is 6.61 Å².